The summed E-state index contributed by atoms with van der Waals surface area (Å²) in [6.45, 7) is 0. The van der Waals surface area contributed by atoms with E-state index < -0.39 is 17.7 Å². The summed E-state index contributed by atoms with van der Waals surface area (Å²) in [5.41, 5.74) is 0.248. The summed E-state index contributed by atoms with van der Waals surface area (Å²) in [7, 11) is 1.21. The van der Waals surface area contributed by atoms with Crippen LogP contribution in [0, 0.1) is 5.82 Å². The molecule has 1 aromatic rings. The number of amides is 1. The molecule has 1 aromatic carbocycles. The number of esters is 1. The summed E-state index contributed by atoms with van der Waals surface area (Å²) >= 11 is 4.16. The molecular weight excluding hydrogens is 377 g/mol. The number of halogens is 2. The molecule has 0 radical (unpaired) electrons. The first-order valence-electron chi connectivity index (χ1n) is 5.84. The van der Waals surface area contributed by atoms with Crippen molar-refractivity contribution in [1.82, 2.24) is 5.32 Å². The zero-order valence-electron chi connectivity index (χ0n) is 11.2. The van der Waals surface area contributed by atoms with Crippen LogP contribution >= 0.6 is 27.7 Å². The first-order valence-corrected chi connectivity index (χ1v) is 7.45. The van der Waals surface area contributed by atoms with Crippen LogP contribution in [-0.2, 0) is 14.3 Å². The van der Waals surface area contributed by atoms with Crippen LogP contribution in [0.1, 0.15) is 5.56 Å². The van der Waals surface area contributed by atoms with Crippen LogP contribution in [0.5, 0.6) is 0 Å². The first kappa shape index (κ1) is 16.4. The Hall–Kier alpha value is -2.00. The summed E-state index contributed by atoms with van der Waals surface area (Å²) in [6.07, 6.45) is 2.28. The number of amidine groups is 1. The quantitative estimate of drug-likeness (QED) is 0.374. The summed E-state index contributed by atoms with van der Waals surface area (Å²) < 4.78 is 18.6. The van der Waals surface area contributed by atoms with Crippen LogP contribution in [0.15, 0.2) is 43.9 Å². The number of benzene rings is 1. The fourth-order valence-corrected chi connectivity index (χ4v) is 2.52. The molecule has 0 spiro atoms. The average Bonchev–Trinajstić information content (AvgIpc) is 2.82. The molecule has 22 heavy (non-hydrogen) atoms. The Labute approximate surface area is 137 Å². The number of nitrogens with zero attached hydrogens (tertiary/aromatic N) is 2. The fraction of sp³-hybridized carbons (Fsp3) is 0.0769. The molecule has 2 rings (SSSR count). The number of hydrogen-bond acceptors (Lipinski definition) is 6. The third-order valence-electron chi connectivity index (χ3n) is 2.40. The van der Waals surface area contributed by atoms with Gasteiger partial charge in [0.25, 0.3) is 5.91 Å². The SMILES string of the molecule is COC(=O)/C=C1/S/C(=N\N=Cc2cc(Br)ccc2F)NC1=O. The predicted molar refractivity (Wildman–Crippen MR) is 85.0 cm³/mol. The summed E-state index contributed by atoms with van der Waals surface area (Å²) in [5, 5.41) is 10.1. The van der Waals surface area contributed by atoms with Crippen LogP contribution in [0.4, 0.5) is 4.39 Å². The van der Waals surface area contributed by atoms with Gasteiger partial charge in [0.2, 0.25) is 0 Å². The van der Waals surface area contributed by atoms with Gasteiger partial charge in [0, 0.05) is 16.1 Å². The highest BCUT2D eigenvalue weighted by molar-refractivity contribution is 9.10. The Morgan fingerprint density at radius 1 is 1.50 bits per heavy atom. The van der Waals surface area contributed by atoms with Gasteiger partial charge in [0.1, 0.15) is 5.82 Å². The van der Waals surface area contributed by atoms with Crippen molar-refractivity contribution in [1.29, 1.82) is 0 Å². The number of ether oxygens (including phenoxy) is 1. The third-order valence-corrected chi connectivity index (χ3v) is 3.80. The molecule has 6 nitrogen and oxygen atoms in total. The van der Waals surface area contributed by atoms with Gasteiger partial charge in [-0.25, -0.2) is 9.18 Å². The van der Waals surface area contributed by atoms with Crippen molar-refractivity contribution in [3.63, 3.8) is 0 Å². The number of carbonyl (C=O) groups excluding carboxylic acids is 2. The second-order valence-electron chi connectivity index (χ2n) is 3.90. The van der Waals surface area contributed by atoms with Gasteiger partial charge in [0.15, 0.2) is 5.17 Å². The average molecular weight is 386 g/mol. The number of hydrogen-bond donors (Lipinski definition) is 1. The van der Waals surface area contributed by atoms with E-state index in [2.05, 4.69) is 36.2 Å². The van der Waals surface area contributed by atoms with Gasteiger partial charge in [-0.05, 0) is 30.0 Å². The van der Waals surface area contributed by atoms with E-state index in [1.165, 1.54) is 19.4 Å². The Morgan fingerprint density at radius 3 is 3.00 bits per heavy atom. The van der Waals surface area contributed by atoms with Crippen LogP contribution in [0.3, 0.4) is 0 Å². The number of thioether (sulfide) groups is 1. The molecule has 1 N–H and O–H groups in total. The Morgan fingerprint density at radius 2 is 2.27 bits per heavy atom. The topological polar surface area (TPSA) is 80.1 Å². The van der Waals surface area contributed by atoms with Crippen molar-refractivity contribution in [2.24, 2.45) is 10.2 Å². The highest BCUT2D eigenvalue weighted by atomic mass is 79.9. The van der Waals surface area contributed by atoms with Gasteiger partial charge in [-0.15, -0.1) is 5.10 Å². The van der Waals surface area contributed by atoms with E-state index in [1.807, 2.05) is 0 Å². The molecule has 1 aliphatic rings. The van der Waals surface area contributed by atoms with Gasteiger partial charge in [0.05, 0.1) is 18.2 Å². The van der Waals surface area contributed by atoms with Crippen molar-refractivity contribution in [2.45, 2.75) is 0 Å². The van der Waals surface area contributed by atoms with Crippen molar-refractivity contribution in [3.8, 4) is 0 Å². The molecule has 1 amide bonds. The number of rotatable bonds is 3. The lowest BCUT2D eigenvalue weighted by Crippen LogP contribution is -2.19. The normalized spacial score (nSPS) is 18.2. The largest absolute Gasteiger partial charge is 0.466 e. The zero-order valence-corrected chi connectivity index (χ0v) is 13.6. The highest BCUT2D eigenvalue weighted by Crippen LogP contribution is 2.23. The Bertz CT molecular complexity index is 718. The smallest absolute Gasteiger partial charge is 0.331 e. The molecule has 0 aliphatic carbocycles. The van der Waals surface area contributed by atoms with E-state index in [1.54, 1.807) is 12.1 Å². The molecule has 114 valence electrons. The molecule has 0 atom stereocenters. The number of methoxy groups -OCH3 is 1. The van der Waals surface area contributed by atoms with Gasteiger partial charge in [-0.2, -0.15) is 5.10 Å². The second kappa shape index (κ2) is 7.32. The van der Waals surface area contributed by atoms with Crippen molar-refractivity contribution in [2.75, 3.05) is 7.11 Å². The van der Waals surface area contributed by atoms with Crippen LogP contribution in [0.25, 0.3) is 0 Å². The van der Waals surface area contributed by atoms with E-state index in [-0.39, 0.29) is 15.6 Å². The summed E-state index contributed by atoms with van der Waals surface area (Å²) in [6, 6.07) is 4.40. The molecule has 1 aliphatic heterocycles. The Kier molecular flexibility index (Phi) is 5.45. The van der Waals surface area contributed by atoms with Crippen LogP contribution in [0.2, 0.25) is 0 Å². The molecule has 0 bridgehead atoms. The van der Waals surface area contributed by atoms with Gasteiger partial charge in [-0.3, -0.25) is 10.1 Å². The summed E-state index contributed by atoms with van der Waals surface area (Å²) in [5.74, 6) is -1.56. The minimum Gasteiger partial charge on any atom is -0.466 e. The van der Waals surface area contributed by atoms with Crippen molar-refractivity contribution in [3.05, 3.63) is 45.0 Å². The molecule has 0 saturated carbocycles. The molecule has 9 heteroatoms. The zero-order chi connectivity index (χ0) is 16.1. The van der Waals surface area contributed by atoms with E-state index in [0.717, 1.165) is 17.8 Å². The second-order valence-corrected chi connectivity index (χ2v) is 5.85. The van der Waals surface area contributed by atoms with Crippen molar-refractivity contribution < 1.29 is 18.7 Å². The predicted octanol–water partition coefficient (Wildman–Crippen LogP) is 2.20. The lowest BCUT2D eigenvalue weighted by Gasteiger charge is -1.96. The lowest BCUT2D eigenvalue weighted by atomic mass is 10.2. The molecule has 1 fully saturated rings. The fourth-order valence-electron chi connectivity index (χ4n) is 1.40. The van der Waals surface area contributed by atoms with E-state index in [4.69, 9.17) is 0 Å². The number of nitrogens with one attached hydrogen (secondary N) is 1. The van der Waals surface area contributed by atoms with Gasteiger partial charge < -0.3 is 4.74 Å². The lowest BCUT2D eigenvalue weighted by molar-refractivity contribution is -0.135. The van der Waals surface area contributed by atoms with Crippen molar-refractivity contribution >= 4 is 51.0 Å². The van der Waals surface area contributed by atoms with Crippen LogP contribution in [-0.4, -0.2) is 30.4 Å². The molecule has 0 aromatic heterocycles. The summed E-state index contributed by atoms with van der Waals surface area (Å²) in [4.78, 5) is 22.8. The Balaban J connectivity index is 2.10. The molecule has 1 saturated heterocycles. The van der Waals surface area contributed by atoms with E-state index in [9.17, 15) is 14.0 Å². The first-order chi connectivity index (χ1) is 10.5. The molecule has 1 heterocycles. The maximum atomic E-state index is 13.5. The van der Waals surface area contributed by atoms with Gasteiger partial charge >= 0.3 is 5.97 Å². The molecule has 0 unspecified atom stereocenters. The van der Waals surface area contributed by atoms with Gasteiger partial charge in [-0.1, -0.05) is 15.9 Å². The van der Waals surface area contributed by atoms with E-state index >= 15 is 0 Å². The van der Waals surface area contributed by atoms with Crippen LogP contribution < -0.4 is 5.32 Å². The minimum atomic E-state index is -0.640. The standard InChI is InChI=1S/C13H9BrFN3O3S/c1-21-11(19)5-10-12(20)17-13(22-10)18-16-6-7-4-8(14)2-3-9(7)15/h2-6H,1H3,(H,17,18,20)/b10-5+,16-6?. The third kappa shape index (κ3) is 4.25. The maximum Gasteiger partial charge on any atom is 0.331 e. The molecular formula is C13H9BrFN3O3S. The monoisotopic (exact) mass is 385 g/mol. The highest BCUT2D eigenvalue weighted by Gasteiger charge is 2.24. The maximum absolute atomic E-state index is 13.5. The minimum absolute atomic E-state index is 0.148. The van der Waals surface area contributed by atoms with E-state index in [0.29, 0.717) is 4.47 Å². The number of carbonyl (C=O) groups is 2.